The number of halogens is 1. The van der Waals surface area contributed by atoms with Crippen molar-refractivity contribution < 1.29 is 14.4 Å². The molecule has 3 rings (SSSR count). The summed E-state index contributed by atoms with van der Waals surface area (Å²) in [6.45, 7) is 2.92. The molecule has 0 aliphatic carbocycles. The van der Waals surface area contributed by atoms with Crippen LogP contribution in [0.1, 0.15) is 29.7 Å². The molecule has 1 N–H and O–H groups in total. The zero-order valence-corrected chi connectivity index (χ0v) is 13.9. The number of rotatable bonds is 5. The molecule has 24 heavy (non-hydrogen) atoms. The molecule has 1 atom stereocenters. The topological polar surface area (TPSA) is 73.6 Å². The maximum Gasteiger partial charge on any atom is 0.270 e. The molecule has 7 heteroatoms. The predicted octanol–water partition coefficient (Wildman–Crippen LogP) is 3.97. The Morgan fingerprint density at radius 2 is 2.21 bits per heavy atom. The maximum absolute atomic E-state index is 11.1. The van der Waals surface area contributed by atoms with Crippen molar-refractivity contribution in [2.24, 2.45) is 0 Å². The number of hydrogen-bond acceptors (Lipinski definition) is 5. The molecule has 0 amide bonds. The fourth-order valence-corrected chi connectivity index (χ4v) is 2.87. The lowest BCUT2D eigenvalue weighted by Crippen LogP contribution is -2.20. The van der Waals surface area contributed by atoms with E-state index in [1.54, 1.807) is 6.07 Å². The average molecular weight is 349 g/mol. The van der Waals surface area contributed by atoms with Crippen molar-refractivity contribution in [3.8, 4) is 5.75 Å². The minimum Gasteiger partial charge on any atom is -0.467 e. The van der Waals surface area contributed by atoms with Crippen LogP contribution in [0.25, 0.3) is 0 Å². The van der Waals surface area contributed by atoms with E-state index in [1.165, 1.54) is 6.07 Å². The largest absolute Gasteiger partial charge is 0.467 e. The van der Waals surface area contributed by atoms with E-state index in [0.717, 1.165) is 11.1 Å². The molecule has 126 valence electrons. The average Bonchev–Trinajstić information content (AvgIpc) is 2.59. The van der Waals surface area contributed by atoms with Crippen molar-refractivity contribution in [1.82, 2.24) is 5.32 Å². The number of fused-ring (bicyclic) bond motifs is 1. The molecule has 2 aromatic rings. The van der Waals surface area contributed by atoms with Crippen molar-refractivity contribution in [3.63, 3.8) is 0 Å². The molecule has 1 aliphatic rings. The monoisotopic (exact) mass is 348 g/mol. The Kier molecular flexibility index (Phi) is 4.99. The van der Waals surface area contributed by atoms with Crippen molar-refractivity contribution in [2.75, 3.05) is 6.79 Å². The number of nitro groups is 1. The lowest BCUT2D eigenvalue weighted by atomic mass is 10.1. The van der Waals surface area contributed by atoms with Gasteiger partial charge >= 0.3 is 0 Å². The molecule has 0 radical (unpaired) electrons. The summed E-state index contributed by atoms with van der Waals surface area (Å²) in [4.78, 5) is 10.7. The van der Waals surface area contributed by atoms with Crippen molar-refractivity contribution in [1.29, 1.82) is 0 Å². The first-order valence-corrected chi connectivity index (χ1v) is 7.92. The van der Waals surface area contributed by atoms with Crippen LogP contribution in [0.3, 0.4) is 0 Å². The first-order valence-electron chi connectivity index (χ1n) is 7.54. The van der Waals surface area contributed by atoms with Crippen LogP contribution in [0, 0.1) is 10.1 Å². The fraction of sp³-hybridized carbons (Fsp3) is 0.294. The molecule has 1 unspecified atom stereocenters. The second kappa shape index (κ2) is 7.17. The molecule has 6 nitrogen and oxygen atoms in total. The van der Waals surface area contributed by atoms with Gasteiger partial charge in [-0.05, 0) is 24.6 Å². The van der Waals surface area contributed by atoms with Gasteiger partial charge in [-0.3, -0.25) is 10.1 Å². The Balaban J connectivity index is 1.81. The number of nitrogens with zero attached hydrogens (tertiary/aromatic N) is 1. The molecule has 0 aromatic heterocycles. The molecule has 1 heterocycles. The van der Waals surface area contributed by atoms with E-state index < -0.39 is 4.92 Å². The van der Waals surface area contributed by atoms with Crippen LogP contribution < -0.4 is 10.1 Å². The van der Waals surface area contributed by atoms with Crippen molar-refractivity contribution in [2.45, 2.75) is 26.1 Å². The molecule has 0 saturated carbocycles. The summed E-state index contributed by atoms with van der Waals surface area (Å²) in [6.07, 6.45) is 0. The third kappa shape index (κ3) is 3.67. The van der Waals surface area contributed by atoms with Crippen molar-refractivity contribution in [3.05, 3.63) is 68.2 Å². The third-order valence-electron chi connectivity index (χ3n) is 3.93. The van der Waals surface area contributed by atoms with Gasteiger partial charge in [-0.1, -0.05) is 23.7 Å². The van der Waals surface area contributed by atoms with E-state index in [9.17, 15) is 10.1 Å². The maximum atomic E-state index is 11.1. The molecule has 0 fully saturated rings. The van der Waals surface area contributed by atoms with Crippen LogP contribution in [-0.4, -0.2) is 11.7 Å². The predicted molar refractivity (Wildman–Crippen MR) is 90.1 cm³/mol. The summed E-state index contributed by atoms with van der Waals surface area (Å²) in [6, 6.07) is 10.7. The first kappa shape index (κ1) is 16.7. The Bertz CT molecular complexity index is 766. The molecular formula is C17H17ClN2O4. The van der Waals surface area contributed by atoms with Crippen LogP contribution in [0.2, 0.25) is 5.02 Å². The molecule has 1 aliphatic heterocycles. The summed E-state index contributed by atoms with van der Waals surface area (Å²) in [5.41, 5.74) is 2.53. The Morgan fingerprint density at radius 3 is 2.96 bits per heavy atom. The SMILES string of the molecule is CC(NCc1cc([N+](=O)[O-])cc2c1OCOC2)c1cccc(Cl)c1. The summed E-state index contributed by atoms with van der Waals surface area (Å²) in [5.74, 6) is 0.664. The number of ether oxygens (including phenoxy) is 2. The fourth-order valence-electron chi connectivity index (χ4n) is 2.67. The third-order valence-corrected chi connectivity index (χ3v) is 4.16. The minimum atomic E-state index is -0.404. The highest BCUT2D eigenvalue weighted by molar-refractivity contribution is 6.30. The number of benzene rings is 2. The Hall–Kier alpha value is -2.15. The van der Waals surface area contributed by atoms with Gasteiger partial charge in [0.1, 0.15) is 5.75 Å². The van der Waals surface area contributed by atoms with Gasteiger partial charge in [0.15, 0.2) is 6.79 Å². The summed E-state index contributed by atoms with van der Waals surface area (Å²) >= 11 is 6.02. The van der Waals surface area contributed by atoms with E-state index in [4.69, 9.17) is 21.1 Å². The number of hydrogen-bond donors (Lipinski definition) is 1. The first-order chi connectivity index (χ1) is 11.5. The van der Waals surface area contributed by atoms with Gasteiger partial charge in [0.2, 0.25) is 0 Å². The lowest BCUT2D eigenvalue weighted by Gasteiger charge is -2.22. The molecule has 0 bridgehead atoms. The van der Waals surface area contributed by atoms with E-state index >= 15 is 0 Å². The minimum absolute atomic E-state index is 0.0371. The lowest BCUT2D eigenvalue weighted by molar-refractivity contribution is -0.385. The quantitative estimate of drug-likeness (QED) is 0.653. The summed E-state index contributed by atoms with van der Waals surface area (Å²) in [7, 11) is 0. The number of nitro benzene ring substituents is 1. The Labute approximate surface area is 144 Å². The Morgan fingerprint density at radius 1 is 1.38 bits per heavy atom. The molecule has 2 aromatic carbocycles. The van der Waals surface area contributed by atoms with Gasteiger partial charge in [0.05, 0.1) is 11.5 Å². The second-order valence-electron chi connectivity index (χ2n) is 5.62. The second-order valence-corrected chi connectivity index (χ2v) is 6.05. The zero-order chi connectivity index (χ0) is 17.1. The molecule has 0 spiro atoms. The normalized spacial score (nSPS) is 14.6. The van der Waals surface area contributed by atoms with E-state index in [2.05, 4.69) is 5.32 Å². The summed E-state index contributed by atoms with van der Waals surface area (Å²) in [5, 5.41) is 15.2. The summed E-state index contributed by atoms with van der Waals surface area (Å²) < 4.78 is 10.8. The highest BCUT2D eigenvalue weighted by atomic mass is 35.5. The molecule has 0 saturated heterocycles. The van der Waals surface area contributed by atoms with Crippen LogP contribution in [0.4, 0.5) is 5.69 Å². The van der Waals surface area contributed by atoms with Crippen LogP contribution >= 0.6 is 11.6 Å². The number of nitrogens with one attached hydrogen (secondary N) is 1. The number of non-ortho nitro benzene ring substituents is 1. The highest BCUT2D eigenvalue weighted by Gasteiger charge is 2.21. The van der Waals surface area contributed by atoms with Gasteiger partial charge in [-0.25, -0.2) is 0 Å². The van der Waals surface area contributed by atoms with Gasteiger partial charge in [0, 0.05) is 40.9 Å². The van der Waals surface area contributed by atoms with Gasteiger partial charge < -0.3 is 14.8 Å². The highest BCUT2D eigenvalue weighted by Crippen LogP contribution is 2.33. The van der Waals surface area contributed by atoms with Crippen LogP contribution in [0.15, 0.2) is 36.4 Å². The molecular weight excluding hydrogens is 332 g/mol. The van der Waals surface area contributed by atoms with Crippen LogP contribution in [-0.2, 0) is 17.9 Å². The smallest absolute Gasteiger partial charge is 0.270 e. The van der Waals surface area contributed by atoms with E-state index in [0.29, 0.717) is 29.5 Å². The standard InChI is InChI=1S/C17H17ClN2O4/c1-11(12-3-2-4-15(18)5-12)19-8-13-6-16(20(21)22)7-14-9-23-10-24-17(13)14/h2-7,11,19H,8-10H2,1H3. The van der Waals surface area contributed by atoms with Crippen molar-refractivity contribution >= 4 is 17.3 Å². The van der Waals surface area contributed by atoms with E-state index in [-0.39, 0.29) is 18.5 Å². The van der Waals surface area contributed by atoms with Gasteiger partial charge in [-0.15, -0.1) is 0 Å². The van der Waals surface area contributed by atoms with Crippen LogP contribution in [0.5, 0.6) is 5.75 Å². The van der Waals surface area contributed by atoms with Gasteiger partial charge in [0.25, 0.3) is 5.69 Å². The van der Waals surface area contributed by atoms with Gasteiger partial charge in [-0.2, -0.15) is 0 Å². The zero-order valence-electron chi connectivity index (χ0n) is 13.1. The van der Waals surface area contributed by atoms with E-state index in [1.807, 2.05) is 31.2 Å².